The fraction of sp³-hybridized carbons (Fsp3) is 0.625. The van der Waals surface area contributed by atoms with Crippen LogP contribution in [0.4, 0.5) is 4.39 Å². The molecule has 0 fully saturated rings. The predicted molar refractivity (Wildman–Crippen MR) is 90.5 cm³/mol. The van der Waals surface area contributed by atoms with Crippen LogP contribution >= 0.6 is 27.5 Å². The molecule has 2 nitrogen and oxygen atoms in total. The standard InChI is InChI=1S/C16H24BrClFNO/c1-5-16(6-2,21-8-4)15(20-7-3)11-9-10-12(17)13(18)14(11)19/h9-10,15,20H,5-8H2,1-4H3. The lowest BCUT2D eigenvalue weighted by Crippen LogP contribution is -2.46. The number of hydrogen-bond acceptors (Lipinski definition) is 2. The first-order valence-electron chi connectivity index (χ1n) is 7.48. The molecule has 0 saturated carbocycles. The molecule has 0 saturated heterocycles. The molecule has 0 aliphatic rings. The van der Waals surface area contributed by atoms with E-state index in [0.29, 0.717) is 16.6 Å². The molecule has 0 aliphatic carbocycles. The summed E-state index contributed by atoms with van der Waals surface area (Å²) in [5, 5.41) is 3.49. The predicted octanol–water partition coefficient (Wildman–Crippen LogP) is 5.49. The van der Waals surface area contributed by atoms with Gasteiger partial charge in [0.1, 0.15) is 5.82 Å². The smallest absolute Gasteiger partial charge is 0.147 e. The molecule has 1 N–H and O–H groups in total. The average Bonchev–Trinajstić information content (AvgIpc) is 2.49. The number of ether oxygens (including phenoxy) is 1. The Kier molecular flexibility index (Phi) is 7.62. The van der Waals surface area contributed by atoms with E-state index in [1.165, 1.54) is 0 Å². The van der Waals surface area contributed by atoms with Gasteiger partial charge in [0.2, 0.25) is 0 Å². The molecule has 0 aliphatic heterocycles. The lowest BCUT2D eigenvalue weighted by molar-refractivity contribution is -0.0737. The minimum absolute atomic E-state index is 0.119. The zero-order valence-corrected chi connectivity index (χ0v) is 15.4. The third-order valence-electron chi connectivity index (χ3n) is 3.94. The van der Waals surface area contributed by atoms with E-state index < -0.39 is 5.60 Å². The van der Waals surface area contributed by atoms with Gasteiger partial charge in [-0.25, -0.2) is 4.39 Å². The SMILES string of the molecule is CCNC(c1ccc(Br)c(Cl)c1F)C(CC)(CC)OCC. The zero-order valence-electron chi connectivity index (χ0n) is 13.1. The van der Waals surface area contributed by atoms with Crippen LogP contribution in [0, 0.1) is 5.82 Å². The van der Waals surface area contributed by atoms with E-state index in [0.717, 1.165) is 19.4 Å². The van der Waals surface area contributed by atoms with Gasteiger partial charge in [0.25, 0.3) is 0 Å². The van der Waals surface area contributed by atoms with E-state index in [4.69, 9.17) is 16.3 Å². The monoisotopic (exact) mass is 379 g/mol. The summed E-state index contributed by atoms with van der Waals surface area (Å²) in [6.45, 7) is 9.44. The molecular formula is C16H24BrClFNO. The zero-order chi connectivity index (χ0) is 16.0. The summed E-state index contributed by atoms with van der Waals surface area (Å²) >= 11 is 9.31. The van der Waals surface area contributed by atoms with Crippen molar-refractivity contribution in [3.63, 3.8) is 0 Å². The molecule has 21 heavy (non-hydrogen) atoms. The van der Waals surface area contributed by atoms with Crippen LogP contribution in [-0.2, 0) is 4.74 Å². The van der Waals surface area contributed by atoms with E-state index in [2.05, 4.69) is 35.1 Å². The Morgan fingerprint density at radius 1 is 1.29 bits per heavy atom. The summed E-state index contributed by atoms with van der Waals surface area (Å²) in [4.78, 5) is 0. The molecule has 120 valence electrons. The Hall–Kier alpha value is -0.160. The molecule has 0 heterocycles. The summed E-state index contributed by atoms with van der Waals surface area (Å²) in [5.74, 6) is -0.386. The first-order chi connectivity index (χ1) is 9.97. The largest absolute Gasteiger partial charge is 0.373 e. The molecule has 1 atom stereocenters. The van der Waals surface area contributed by atoms with Crippen molar-refractivity contribution in [2.75, 3.05) is 13.2 Å². The molecule has 1 aromatic rings. The quantitative estimate of drug-likeness (QED) is 0.602. The number of halogens is 3. The molecular weight excluding hydrogens is 357 g/mol. The highest BCUT2D eigenvalue weighted by molar-refractivity contribution is 9.10. The minimum atomic E-state index is -0.442. The number of rotatable bonds is 8. The van der Waals surface area contributed by atoms with Crippen LogP contribution in [0.25, 0.3) is 0 Å². The molecule has 0 aromatic heterocycles. The van der Waals surface area contributed by atoms with Gasteiger partial charge in [0.15, 0.2) is 0 Å². The van der Waals surface area contributed by atoms with E-state index >= 15 is 0 Å². The van der Waals surface area contributed by atoms with Crippen LogP contribution in [0.1, 0.15) is 52.1 Å². The number of benzene rings is 1. The molecule has 0 radical (unpaired) electrons. The average molecular weight is 381 g/mol. The van der Waals surface area contributed by atoms with Crippen molar-refractivity contribution in [2.45, 2.75) is 52.2 Å². The van der Waals surface area contributed by atoms with Crippen LogP contribution in [0.3, 0.4) is 0 Å². The topological polar surface area (TPSA) is 21.3 Å². The Morgan fingerprint density at radius 3 is 2.38 bits per heavy atom. The molecule has 5 heteroatoms. The highest BCUT2D eigenvalue weighted by Gasteiger charge is 2.39. The summed E-state index contributed by atoms with van der Waals surface area (Å²) in [5.41, 5.74) is 0.116. The molecule has 1 unspecified atom stereocenters. The Morgan fingerprint density at radius 2 is 1.90 bits per heavy atom. The van der Waals surface area contributed by atoms with E-state index in [1.54, 1.807) is 12.1 Å². The fourth-order valence-corrected chi connectivity index (χ4v) is 3.26. The van der Waals surface area contributed by atoms with Crippen molar-refractivity contribution in [3.8, 4) is 0 Å². The first-order valence-corrected chi connectivity index (χ1v) is 8.65. The van der Waals surface area contributed by atoms with Crippen molar-refractivity contribution in [2.24, 2.45) is 0 Å². The van der Waals surface area contributed by atoms with Crippen LogP contribution in [0.2, 0.25) is 5.02 Å². The van der Waals surface area contributed by atoms with Crippen LogP contribution in [0.5, 0.6) is 0 Å². The second-order valence-corrected chi connectivity index (χ2v) is 6.19. The van der Waals surface area contributed by atoms with E-state index in [-0.39, 0.29) is 16.9 Å². The molecule has 0 bridgehead atoms. The normalized spacial score (nSPS) is 13.5. The maximum Gasteiger partial charge on any atom is 0.147 e. The van der Waals surface area contributed by atoms with Gasteiger partial charge in [-0.05, 0) is 48.3 Å². The van der Waals surface area contributed by atoms with Crippen molar-refractivity contribution >= 4 is 27.5 Å². The molecule has 0 amide bonds. The van der Waals surface area contributed by atoms with Crippen molar-refractivity contribution in [3.05, 3.63) is 33.0 Å². The van der Waals surface area contributed by atoms with E-state index in [9.17, 15) is 4.39 Å². The van der Waals surface area contributed by atoms with Gasteiger partial charge in [-0.1, -0.05) is 38.4 Å². The third kappa shape index (κ3) is 3.98. The van der Waals surface area contributed by atoms with Gasteiger partial charge in [-0.15, -0.1) is 0 Å². The molecule has 1 rings (SSSR count). The molecule has 1 aromatic carbocycles. The Balaban J connectivity index is 3.37. The number of nitrogens with one attached hydrogen (secondary N) is 1. The second kappa shape index (κ2) is 8.47. The summed E-state index contributed by atoms with van der Waals surface area (Å²) in [6, 6.07) is 3.33. The van der Waals surface area contributed by atoms with Crippen LogP contribution < -0.4 is 5.32 Å². The minimum Gasteiger partial charge on any atom is -0.373 e. The number of likely N-dealkylation sites (N-methyl/N-ethyl adjacent to an activating group) is 1. The van der Waals surface area contributed by atoms with Gasteiger partial charge in [0.05, 0.1) is 16.7 Å². The highest BCUT2D eigenvalue weighted by Crippen LogP contribution is 2.39. The van der Waals surface area contributed by atoms with Crippen molar-refractivity contribution < 1.29 is 9.13 Å². The van der Waals surface area contributed by atoms with Gasteiger partial charge in [-0.2, -0.15) is 0 Å². The lowest BCUT2D eigenvalue weighted by atomic mass is 9.83. The van der Waals surface area contributed by atoms with E-state index in [1.807, 2.05) is 13.8 Å². The molecule has 0 spiro atoms. The fourth-order valence-electron chi connectivity index (χ4n) is 2.78. The van der Waals surface area contributed by atoms with Gasteiger partial charge in [0, 0.05) is 16.6 Å². The number of hydrogen-bond donors (Lipinski definition) is 1. The van der Waals surface area contributed by atoms with Crippen LogP contribution in [-0.4, -0.2) is 18.8 Å². The summed E-state index contributed by atoms with van der Waals surface area (Å²) in [7, 11) is 0. The van der Waals surface area contributed by atoms with Crippen molar-refractivity contribution in [1.29, 1.82) is 0 Å². The lowest BCUT2D eigenvalue weighted by Gasteiger charge is -2.40. The Bertz CT molecular complexity index is 466. The first kappa shape index (κ1) is 18.9. The third-order valence-corrected chi connectivity index (χ3v) is 5.20. The maximum absolute atomic E-state index is 14.6. The Labute approximate surface area is 140 Å². The van der Waals surface area contributed by atoms with Gasteiger partial charge < -0.3 is 10.1 Å². The second-order valence-electron chi connectivity index (χ2n) is 4.96. The van der Waals surface area contributed by atoms with Crippen LogP contribution in [0.15, 0.2) is 16.6 Å². The maximum atomic E-state index is 14.6. The van der Waals surface area contributed by atoms with Gasteiger partial charge >= 0.3 is 0 Å². The highest BCUT2D eigenvalue weighted by atomic mass is 79.9. The van der Waals surface area contributed by atoms with Gasteiger partial charge in [-0.3, -0.25) is 0 Å². The van der Waals surface area contributed by atoms with Crippen molar-refractivity contribution in [1.82, 2.24) is 5.32 Å². The summed E-state index contributed by atoms with van der Waals surface area (Å²) in [6.07, 6.45) is 1.59. The summed E-state index contributed by atoms with van der Waals surface area (Å²) < 4.78 is 21.2.